The Morgan fingerprint density at radius 1 is 1.22 bits per heavy atom. The Morgan fingerprint density at radius 2 is 2.00 bits per heavy atom. The minimum Gasteiger partial charge on any atom is -0.256 e. The van der Waals surface area contributed by atoms with Gasteiger partial charge < -0.3 is 0 Å². The van der Waals surface area contributed by atoms with Crippen molar-refractivity contribution >= 4 is 33.1 Å². The summed E-state index contributed by atoms with van der Waals surface area (Å²) in [6.07, 6.45) is 8.90. The molecule has 0 unspecified atom stereocenters. The van der Waals surface area contributed by atoms with Crippen molar-refractivity contribution in [2.24, 2.45) is 0 Å². The second-order valence-corrected chi connectivity index (χ2v) is 6.43. The lowest BCUT2D eigenvalue weighted by molar-refractivity contribution is 1.22. The number of nitrogens with zero attached hydrogens (tertiary/aromatic N) is 1. The Kier molecular flexibility index (Phi) is 4.54. The van der Waals surface area contributed by atoms with Crippen LogP contribution in [0.1, 0.15) is 24.6 Å². The zero-order chi connectivity index (χ0) is 16.2. The molecule has 2 aromatic heterocycles. The molecular weight excluding hydrogens is 298 g/mol. The van der Waals surface area contributed by atoms with E-state index in [9.17, 15) is 0 Å². The number of pyridine rings is 1. The number of rotatable bonds is 5. The highest BCUT2D eigenvalue weighted by molar-refractivity contribution is 7.22. The Labute approximate surface area is 141 Å². The summed E-state index contributed by atoms with van der Waals surface area (Å²) < 4.78 is 1.24. The number of fused-ring (bicyclic) bond motifs is 1. The third-order valence-electron chi connectivity index (χ3n) is 3.74. The summed E-state index contributed by atoms with van der Waals surface area (Å²) in [6.45, 7) is 10.1. The van der Waals surface area contributed by atoms with Crippen LogP contribution in [0.2, 0.25) is 0 Å². The van der Waals surface area contributed by atoms with E-state index in [1.165, 1.54) is 20.5 Å². The van der Waals surface area contributed by atoms with E-state index in [1.807, 2.05) is 12.3 Å². The minimum atomic E-state index is 0.962. The van der Waals surface area contributed by atoms with Crippen LogP contribution in [0.15, 0.2) is 67.9 Å². The average Bonchev–Trinajstić information content (AvgIpc) is 3.03. The van der Waals surface area contributed by atoms with Gasteiger partial charge in [0.15, 0.2) is 0 Å². The van der Waals surface area contributed by atoms with E-state index in [-0.39, 0.29) is 0 Å². The van der Waals surface area contributed by atoms with Crippen LogP contribution in [0.25, 0.3) is 32.2 Å². The number of benzene rings is 1. The molecule has 0 aliphatic heterocycles. The smallest absolute Gasteiger partial charge is 0.0782 e. The molecule has 0 radical (unpaired) electrons. The van der Waals surface area contributed by atoms with E-state index in [2.05, 4.69) is 73.6 Å². The first kappa shape index (κ1) is 15.4. The number of hydrogen-bond acceptors (Lipinski definition) is 2. The zero-order valence-corrected chi connectivity index (χ0v) is 14.1. The fourth-order valence-electron chi connectivity index (χ4n) is 2.48. The summed E-state index contributed by atoms with van der Waals surface area (Å²) in [6, 6.07) is 12.8. The Balaban J connectivity index is 2.06. The monoisotopic (exact) mass is 317 g/mol. The molecular formula is C21H19NS. The molecule has 0 spiro atoms. The van der Waals surface area contributed by atoms with E-state index in [4.69, 9.17) is 0 Å². The molecule has 0 atom stereocenters. The van der Waals surface area contributed by atoms with Gasteiger partial charge in [-0.05, 0) is 35.3 Å². The van der Waals surface area contributed by atoms with Crippen LogP contribution in [-0.4, -0.2) is 4.98 Å². The van der Waals surface area contributed by atoms with Gasteiger partial charge in [0.05, 0.1) is 5.69 Å². The maximum atomic E-state index is 4.54. The highest BCUT2D eigenvalue weighted by Crippen LogP contribution is 2.36. The standard InChI is InChI=1S/C21H19NS/c1-4-6-7-15(3)21-18-14-20(23-19(18)12-13-22-21)17-10-8-16(5-2)9-11-17/h5-14H,2-4H2,1H3/b7-6-. The van der Waals surface area contributed by atoms with Crippen LogP contribution in [-0.2, 0) is 0 Å². The van der Waals surface area contributed by atoms with Gasteiger partial charge in [-0.1, -0.05) is 62.6 Å². The number of aromatic nitrogens is 1. The third kappa shape index (κ3) is 3.17. The number of hydrogen-bond donors (Lipinski definition) is 0. The van der Waals surface area contributed by atoms with E-state index < -0.39 is 0 Å². The van der Waals surface area contributed by atoms with Crippen molar-refractivity contribution in [2.45, 2.75) is 13.3 Å². The first-order valence-electron chi connectivity index (χ1n) is 7.70. The molecule has 0 fully saturated rings. The maximum absolute atomic E-state index is 4.54. The topological polar surface area (TPSA) is 12.9 Å². The highest BCUT2D eigenvalue weighted by Gasteiger charge is 2.10. The van der Waals surface area contributed by atoms with Gasteiger partial charge in [-0.15, -0.1) is 11.3 Å². The molecule has 2 heteroatoms. The van der Waals surface area contributed by atoms with Crippen LogP contribution in [0.3, 0.4) is 0 Å². The predicted molar refractivity (Wildman–Crippen MR) is 104 cm³/mol. The van der Waals surface area contributed by atoms with Crippen molar-refractivity contribution in [3.8, 4) is 10.4 Å². The first-order valence-corrected chi connectivity index (χ1v) is 8.52. The third-order valence-corrected chi connectivity index (χ3v) is 4.88. The molecule has 2 heterocycles. The molecule has 0 N–H and O–H groups in total. The molecule has 0 amide bonds. The van der Waals surface area contributed by atoms with Crippen LogP contribution in [0.4, 0.5) is 0 Å². The Bertz CT molecular complexity index is 882. The SMILES string of the molecule is C=Cc1ccc(-c2cc3c(C(=C)/C=C\CC)nccc3s2)cc1. The predicted octanol–water partition coefficient (Wildman–Crippen LogP) is 6.59. The van der Waals surface area contributed by atoms with Crippen molar-refractivity contribution in [3.63, 3.8) is 0 Å². The van der Waals surface area contributed by atoms with Crippen molar-refractivity contribution in [3.05, 3.63) is 79.2 Å². The molecule has 1 aromatic carbocycles. The first-order chi connectivity index (χ1) is 11.2. The minimum absolute atomic E-state index is 0.962. The maximum Gasteiger partial charge on any atom is 0.0782 e. The number of allylic oxidation sites excluding steroid dienone is 3. The molecule has 3 aromatic rings. The second kappa shape index (κ2) is 6.76. The summed E-state index contributed by atoms with van der Waals surface area (Å²) in [5.74, 6) is 0. The lowest BCUT2D eigenvalue weighted by atomic mass is 10.1. The van der Waals surface area contributed by atoms with Gasteiger partial charge in [0.2, 0.25) is 0 Å². The van der Waals surface area contributed by atoms with E-state index in [1.54, 1.807) is 11.3 Å². The molecule has 0 aliphatic rings. The van der Waals surface area contributed by atoms with Gasteiger partial charge in [0.1, 0.15) is 0 Å². The molecule has 23 heavy (non-hydrogen) atoms. The fourth-order valence-corrected chi connectivity index (χ4v) is 3.55. The average molecular weight is 317 g/mol. The molecule has 0 bridgehead atoms. The van der Waals surface area contributed by atoms with Crippen LogP contribution >= 0.6 is 11.3 Å². The quantitative estimate of drug-likeness (QED) is 0.484. The summed E-state index contributed by atoms with van der Waals surface area (Å²) in [4.78, 5) is 5.78. The van der Waals surface area contributed by atoms with Crippen molar-refractivity contribution in [2.75, 3.05) is 0 Å². The Hall–Kier alpha value is -2.45. The molecule has 0 saturated heterocycles. The normalized spacial score (nSPS) is 11.2. The van der Waals surface area contributed by atoms with Gasteiger partial charge >= 0.3 is 0 Å². The second-order valence-electron chi connectivity index (χ2n) is 5.34. The largest absolute Gasteiger partial charge is 0.256 e. The number of thiophene rings is 1. The van der Waals surface area contributed by atoms with E-state index in [0.717, 1.165) is 23.3 Å². The summed E-state index contributed by atoms with van der Waals surface area (Å²) >= 11 is 1.79. The Morgan fingerprint density at radius 3 is 2.70 bits per heavy atom. The van der Waals surface area contributed by atoms with Gasteiger partial charge in [0, 0.05) is 21.2 Å². The van der Waals surface area contributed by atoms with E-state index in [0.29, 0.717) is 0 Å². The lowest BCUT2D eigenvalue weighted by Gasteiger charge is -2.01. The molecule has 0 saturated carbocycles. The van der Waals surface area contributed by atoms with E-state index >= 15 is 0 Å². The van der Waals surface area contributed by atoms with Crippen LogP contribution in [0, 0.1) is 0 Å². The van der Waals surface area contributed by atoms with Crippen LogP contribution in [0.5, 0.6) is 0 Å². The molecule has 3 rings (SSSR count). The van der Waals surface area contributed by atoms with Crippen molar-refractivity contribution < 1.29 is 0 Å². The molecule has 114 valence electrons. The van der Waals surface area contributed by atoms with Crippen LogP contribution < -0.4 is 0 Å². The van der Waals surface area contributed by atoms with Gasteiger partial charge in [-0.2, -0.15) is 0 Å². The fraction of sp³-hybridized carbons (Fsp3) is 0.0952. The summed E-state index contributed by atoms with van der Waals surface area (Å²) in [5.41, 5.74) is 4.29. The molecule has 0 aliphatic carbocycles. The van der Waals surface area contributed by atoms with Crippen molar-refractivity contribution in [1.29, 1.82) is 0 Å². The zero-order valence-electron chi connectivity index (χ0n) is 13.3. The molecule has 1 nitrogen and oxygen atoms in total. The summed E-state index contributed by atoms with van der Waals surface area (Å²) in [5, 5.41) is 1.17. The van der Waals surface area contributed by atoms with Gasteiger partial charge in [-0.3, -0.25) is 4.98 Å². The van der Waals surface area contributed by atoms with Gasteiger partial charge in [0.25, 0.3) is 0 Å². The summed E-state index contributed by atoms with van der Waals surface area (Å²) in [7, 11) is 0. The highest BCUT2D eigenvalue weighted by atomic mass is 32.1. The lowest BCUT2D eigenvalue weighted by Crippen LogP contribution is -1.85. The van der Waals surface area contributed by atoms with Crippen molar-refractivity contribution in [1.82, 2.24) is 4.98 Å². The van der Waals surface area contributed by atoms with Gasteiger partial charge in [-0.25, -0.2) is 0 Å².